The standard InChI is InChI=1S/C20H18F3NO4/c1-12(19(26)27)24-9-8-14-10-16(6-7-17(14)18(24)25)28-11-13-2-4-15(5-3-13)20(21,22)23/h2-7,10,12H,8-9,11H2,1H3,(H,26,27)/p-1. The molecule has 0 bridgehead atoms. The number of benzene rings is 2. The molecule has 1 amide bonds. The Balaban J connectivity index is 1.68. The summed E-state index contributed by atoms with van der Waals surface area (Å²) < 4.78 is 43.4. The number of alkyl halides is 3. The molecule has 0 saturated carbocycles. The van der Waals surface area contributed by atoms with Crippen molar-refractivity contribution in [3.8, 4) is 5.75 Å². The van der Waals surface area contributed by atoms with E-state index in [1.807, 2.05) is 0 Å². The zero-order chi connectivity index (χ0) is 20.5. The number of aliphatic carboxylic acids is 1. The van der Waals surface area contributed by atoms with E-state index in [1.54, 1.807) is 18.2 Å². The number of ether oxygens (including phenoxy) is 1. The fourth-order valence-corrected chi connectivity index (χ4v) is 3.03. The summed E-state index contributed by atoms with van der Waals surface area (Å²) in [6, 6.07) is 8.51. The Kier molecular flexibility index (Phi) is 5.31. The molecule has 148 valence electrons. The first kappa shape index (κ1) is 19.7. The second-order valence-corrected chi connectivity index (χ2v) is 6.55. The number of carbonyl (C=O) groups excluding carboxylic acids is 2. The van der Waals surface area contributed by atoms with E-state index in [9.17, 15) is 27.9 Å². The summed E-state index contributed by atoms with van der Waals surface area (Å²) in [7, 11) is 0. The van der Waals surface area contributed by atoms with Crippen LogP contribution in [-0.4, -0.2) is 29.4 Å². The summed E-state index contributed by atoms with van der Waals surface area (Å²) in [6.45, 7) is 1.74. The molecular weight excluding hydrogens is 375 g/mol. The maximum atomic E-state index is 12.6. The molecule has 28 heavy (non-hydrogen) atoms. The van der Waals surface area contributed by atoms with E-state index in [0.29, 0.717) is 23.3 Å². The molecule has 1 atom stereocenters. The zero-order valence-electron chi connectivity index (χ0n) is 15.0. The molecule has 0 aliphatic carbocycles. The fraction of sp³-hybridized carbons (Fsp3) is 0.300. The number of nitrogens with zero attached hydrogens (tertiary/aromatic N) is 1. The predicted octanol–water partition coefficient (Wildman–Crippen LogP) is 2.42. The van der Waals surface area contributed by atoms with Crippen LogP contribution in [0.4, 0.5) is 13.2 Å². The Hall–Kier alpha value is -3.03. The Bertz CT molecular complexity index is 893. The Morgan fingerprint density at radius 1 is 1.21 bits per heavy atom. The molecule has 2 aromatic carbocycles. The lowest BCUT2D eigenvalue weighted by atomic mass is 9.97. The Labute approximate surface area is 159 Å². The molecule has 0 N–H and O–H groups in total. The third-order valence-corrected chi connectivity index (χ3v) is 4.69. The number of carboxylic acid groups (broad SMARTS) is 1. The lowest BCUT2D eigenvalue weighted by Crippen LogP contribution is -2.51. The lowest BCUT2D eigenvalue weighted by molar-refractivity contribution is -0.310. The van der Waals surface area contributed by atoms with Crippen LogP contribution in [-0.2, 0) is 24.0 Å². The van der Waals surface area contributed by atoms with Gasteiger partial charge in [0.2, 0.25) is 0 Å². The normalized spacial score (nSPS) is 15.1. The van der Waals surface area contributed by atoms with Crippen molar-refractivity contribution in [1.29, 1.82) is 0 Å². The van der Waals surface area contributed by atoms with Crippen LogP contribution >= 0.6 is 0 Å². The van der Waals surface area contributed by atoms with Crippen molar-refractivity contribution in [3.05, 3.63) is 64.7 Å². The average molecular weight is 392 g/mol. The largest absolute Gasteiger partial charge is 0.548 e. The van der Waals surface area contributed by atoms with E-state index in [2.05, 4.69) is 0 Å². The van der Waals surface area contributed by atoms with E-state index in [-0.39, 0.29) is 19.1 Å². The highest BCUT2D eigenvalue weighted by molar-refractivity contribution is 5.98. The number of halogens is 3. The van der Waals surface area contributed by atoms with Gasteiger partial charge in [-0.3, -0.25) is 4.79 Å². The molecule has 2 aromatic rings. The number of carbonyl (C=O) groups is 2. The first-order chi connectivity index (χ1) is 13.2. The van der Waals surface area contributed by atoms with E-state index in [0.717, 1.165) is 17.7 Å². The minimum atomic E-state index is -4.38. The topological polar surface area (TPSA) is 69.7 Å². The summed E-state index contributed by atoms with van der Waals surface area (Å²) in [6.07, 6.45) is -3.91. The molecule has 1 aliphatic rings. The number of rotatable bonds is 5. The molecule has 0 radical (unpaired) electrons. The van der Waals surface area contributed by atoms with Crippen LogP contribution in [0.5, 0.6) is 5.75 Å². The van der Waals surface area contributed by atoms with Crippen molar-refractivity contribution in [2.24, 2.45) is 0 Å². The molecule has 0 aromatic heterocycles. The minimum Gasteiger partial charge on any atom is -0.548 e. The number of amides is 1. The van der Waals surface area contributed by atoms with Crippen molar-refractivity contribution in [3.63, 3.8) is 0 Å². The average Bonchev–Trinajstić information content (AvgIpc) is 2.65. The highest BCUT2D eigenvalue weighted by Gasteiger charge is 2.30. The predicted molar refractivity (Wildman–Crippen MR) is 91.4 cm³/mol. The molecule has 8 heteroatoms. The van der Waals surface area contributed by atoms with Gasteiger partial charge in [-0.05, 0) is 54.8 Å². The number of carboxylic acids is 1. The van der Waals surface area contributed by atoms with Crippen LogP contribution in [0.25, 0.3) is 0 Å². The van der Waals surface area contributed by atoms with Crippen molar-refractivity contribution in [2.45, 2.75) is 32.2 Å². The number of hydrogen-bond acceptors (Lipinski definition) is 4. The Morgan fingerprint density at radius 3 is 2.50 bits per heavy atom. The van der Waals surface area contributed by atoms with Gasteiger partial charge in [-0.25, -0.2) is 0 Å². The van der Waals surface area contributed by atoms with Crippen molar-refractivity contribution in [2.75, 3.05) is 6.54 Å². The third-order valence-electron chi connectivity index (χ3n) is 4.69. The van der Waals surface area contributed by atoms with Crippen molar-refractivity contribution < 1.29 is 32.6 Å². The summed E-state index contributed by atoms with van der Waals surface area (Å²) >= 11 is 0. The van der Waals surface area contributed by atoms with Crippen LogP contribution in [0.2, 0.25) is 0 Å². The zero-order valence-corrected chi connectivity index (χ0v) is 15.0. The van der Waals surface area contributed by atoms with Gasteiger partial charge in [-0.1, -0.05) is 12.1 Å². The second kappa shape index (κ2) is 7.53. The van der Waals surface area contributed by atoms with Crippen LogP contribution in [0.3, 0.4) is 0 Å². The van der Waals surface area contributed by atoms with E-state index >= 15 is 0 Å². The molecule has 3 rings (SSSR count). The maximum Gasteiger partial charge on any atom is 0.416 e. The summed E-state index contributed by atoms with van der Waals surface area (Å²) in [4.78, 5) is 24.7. The van der Waals surface area contributed by atoms with Gasteiger partial charge in [0.25, 0.3) is 5.91 Å². The number of fused-ring (bicyclic) bond motifs is 1. The minimum absolute atomic E-state index is 0.0821. The molecule has 0 saturated heterocycles. The van der Waals surface area contributed by atoms with E-state index in [1.165, 1.54) is 24.0 Å². The number of hydrogen-bond donors (Lipinski definition) is 0. The highest BCUT2D eigenvalue weighted by Crippen LogP contribution is 2.29. The smallest absolute Gasteiger partial charge is 0.416 e. The van der Waals surface area contributed by atoms with Crippen LogP contribution < -0.4 is 9.84 Å². The van der Waals surface area contributed by atoms with Crippen molar-refractivity contribution >= 4 is 11.9 Å². The first-order valence-corrected chi connectivity index (χ1v) is 8.60. The van der Waals surface area contributed by atoms with Gasteiger partial charge < -0.3 is 19.5 Å². The summed E-state index contributed by atoms with van der Waals surface area (Å²) in [5.41, 5.74) is 0.993. The lowest BCUT2D eigenvalue weighted by Gasteiger charge is -2.34. The molecule has 1 heterocycles. The second-order valence-electron chi connectivity index (χ2n) is 6.55. The molecular formula is C20H17F3NO4-. The monoisotopic (exact) mass is 392 g/mol. The highest BCUT2D eigenvalue weighted by atomic mass is 19.4. The summed E-state index contributed by atoms with van der Waals surface area (Å²) in [5, 5.41) is 11.0. The summed E-state index contributed by atoms with van der Waals surface area (Å²) in [5.74, 6) is -1.21. The van der Waals surface area contributed by atoms with Gasteiger partial charge in [0, 0.05) is 12.1 Å². The maximum absolute atomic E-state index is 12.6. The molecule has 0 fully saturated rings. The Morgan fingerprint density at radius 2 is 1.89 bits per heavy atom. The molecule has 1 aliphatic heterocycles. The van der Waals surface area contributed by atoms with Crippen molar-refractivity contribution in [1.82, 2.24) is 4.90 Å². The van der Waals surface area contributed by atoms with Crippen LogP contribution in [0, 0.1) is 0 Å². The van der Waals surface area contributed by atoms with E-state index < -0.39 is 23.8 Å². The van der Waals surface area contributed by atoms with Gasteiger partial charge >= 0.3 is 6.18 Å². The molecule has 0 spiro atoms. The van der Waals surface area contributed by atoms with Gasteiger partial charge in [0.1, 0.15) is 12.4 Å². The molecule has 5 nitrogen and oxygen atoms in total. The van der Waals surface area contributed by atoms with Gasteiger partial charge in [-0.15, -0.1) is 0 Å². The van der Waals surface area contributed by atoms with Gasteiger partial charge in [-0.2, -0.15) is 13.2 Å². The molecule has 1 unspecified atom stereocenters. The fourth-order valence-electron chi connectivity index (χ4n) is 3.03. The SMILES string of the molecule is CC(C(=O)[O-])N1CCc2cc(OCc3ccc(C(F)(F)F)cc3)ccc2C1=O. The van der Waals surface area contributed by atoms with Crippen LogP contribution in [0.1, 0.15) is 34.0 Å². The van der Waals surface area contributed by atoms with Crippen LogP contribution in [0.15, 0.2) is 42.5 Å². The first-order valence-electron chi connectivity index (χ1n) is 8.60. The van der Waals surface area contributed by atoms with E-state index in [4.69, 9.17) is 4.74 Å². The van der Waals surface area contributed by atoms with Gasteiger partial charge in [0.15, 0.2) is 0 Å². The third kappa shape index (κ3) is 4.11. The quantitative estimate of drug-likeness (QED) is 0.784. The van der Waals surface area contributed by atoms with Gasteiger partial charge in [0.05, 0.1) is 17.6 Å².